The lowest BCUT2D eigenvalue weighted by Crippen LogP contribution is -2.43. The minimum absolute atomic E-state index is 0.0881. The summed E-state index contributed by atoms with van der Waals surface area (Å²) in [6.45, 7) is 0.160. The molecule has 3 aromatic rings. The van der Waals surface area contributed by atoms with Crippen molar-refractivity contribution in [3.8, 4) is 0 Å². The number of nitrogens with zero attached hydrogens (tertiary/aromatic N) is 1. The second kappa shape index (κ2) is 8.55. The van der Waals surface area contributed by atoms with Crippen LogP contribution in [-0.2, 0) is 21.0 Å². The predicted octanol–water partition coefficient (Wildman–Crippen LogP) is 4.90. The molecule has 168 valence electrons. The molecule has 0 aliphatic carbocycles. The van der Waals surface area contributed by atoms with Gasteiger partial charge in [0.25, 0.3) is 0 Å². The molecular weight excluding hydrogens is 441 g/mol. The van der Waals surface area contributed by atoms with Crippen molar-refractivity contribution in [2.24, 2.45) is 5.92 Å². The highest BCUT2D eigenvalue weighted by molar-refractivity contribution is 7.89. The van der Waals surface area contributed by atoms with Crippen LogP contribution >= 0.6 is 0 Å². The van der Waals surface area contributed by atoms with E-state index >= 15 is 0 Å². The van der Waals surface area contributed by atoms with Crippen molar-refractivity contribution in [2.75, 3.05) is 18.4 Å². The topological polar surface area (TPSA) is 66.5 Å². The van der Waals surface area contributed by atoms with Gasteiger partial charge in [-0.3, -0.25) is 4.79 Å². The standard InChI is InChI=1S/C23H21F3N2O3S/c24-23(25,26)20-9-3-4-10-21(20)27-22(29)18-8-5-13-28(15-18)32(30,31)19-12-11-16-6-1-2-7-17(16)14-19/h1-4,6-7,9-12,14,18H,5,8,13,15H2,(H,27,29)/t18-/m1/s1. The monoisotopic (exact) mass is 462 g/mol. The average molecular weight is 462 g/mol. The average Bonchev–Trinajstić information content (AvgIpc) is 2.78. The smallest absolute Gasteiger partial charge is 0.325 e. The van der Waals surface area contributed by atoms with Gasteiger partial charge in [-0.15, -0.1) is 0 Å². The number of carbonyl (C=O) groups is 1. The third-order valence-electron chi connectivity index (χ3n) is 5.60. The van der Waals surface area contributed by atoms with Crippen molar-refractivity contribution in [1.82, 2.24) is 4.31 Å². The number of anilines is 1. The molecule has 0 radical (unpaired) electrons. The lowest BCUT2D eigenvalue weighted by molar-refractivity contribution is -0.137. The van der Waals surface area contributed by atoms with Gasteiger partial charge in [0.05, 0.1) is 22.1 Å². The molecule has 1 amide bonds. The van der Waals surface area contributed by atoms with Crippen LogP contribution in [0.3, 0.4) is 0 Å². The lowest BCUT2D eigenvalue weighted by atomic mass is 9.98. The number of carbonyl (C=O) groups excluding carboxylic acids is 1. The number of hydrogen-bond donors (Lipinski definition) is 1. The summed E-state index contributed by atoms with van der Waals surface area (Å²) in [6.07, 6.45) is -3.78. The maximum Gasteiger partial charge on any atom is 0.418 e. The molecule has 0 spiro atoms. The Kier molecular flexibility index (Phi) is 5.96. The molecule has 0 bridgehead atoms. The van der Waals surface area contributed by atoms with Crippen LogP contribution in [0, 0.1) is 5.92 Å². The van der Waals surface area contributed by atoms with Gasteiger partial charge in [-0.2, -0.15) is 17.5 Å². The summed E-state index contributed by atoms with van der Waals surface area (Å²) < 4.78 is 67.3. The predicted molar refractivity (Wildman–Crippen MR) is 116 cm³/mol. The fourth-order valence-corrected chi connectivity index (χ4v) is 5.49. The molecule has 1 fully saturated rings. The van der Waals surface area contributed by atoms with Gasteiger partial charge < -0.3 is 5.32 Å². The highest BCUT2D eigenvalue weighted by atomic mass is 32.2. The Morgan fingerprint density at radius 2 is 1.66 bits per heavy atom. The van der Waals surface area contributed by atoms with E-state index in [2.05, 4.69) is 5.32 Å². The summed E-state index contributed by atoms with van der Waals surface area (Å²) in [5, 5.41) is 4.03. The fourth-order valence-electron chi connectivity index (χ4n) is 3.93. The van der Waals surface area contributed by atoms with Crippen LogP contribution in [0.2, 0.25) is 0 Å². The number of nitrogens with one attached hydrogen (secondary N) is 1. The second-order valence-electron chi connectivity index (χ2n) is 7.74. The zero-order valence-corrected chi connectivity index (χ0v) is 17.8. The molecule has 0 saturated carbocycles. The molecule has 9 heteroatoms. The normalized spacial score (nSPS) is 17.9. The molecule has 1 aliphatic heterocycles. The number of rotatable bonds is 4. The van der Waals surface area contributed by atoms with Crippen molar-refractivity contribution in [3.05, 3.63) is 72.3 Å². The molecule has 32 heavy (non-hydrogen) atoms. The van der Waals surface area contributed by atoms with E-state index < -0.39 is 33.6 Å². The molecule has 5 nitrogen and oxygen atoms in total. The van der Waals surface area contributed by atoms with Crippen molar-refractivity contribution in [3.63, 3.8) is 0 Å². The zero-order valence-electron chi connectivity index (χ0n) is 17.0. The number of halogens is 3. The minimum atomic E-state index is -4.61. The van der Waals surface area contributed by atoms with E-state index in [0.717, 1.165) is 16.8 Å². The van der Waals surface area contributed by atoms with Gasteiger partial charge in [0.15, 0.2) is 0 Å². The van der Waals surface area contributed by atoms with Gasteiger partial charge in [0.1, 0.15) is 0 Å². The first-order chi connectivity index (χ1) is 15.2. The Bertz CT molecular complexity index is 1260. The zero-order chi connectivity index (χ0) is 22.9. The van der Waals surface area contributed by atoms with Crippen LogP contribution in [-0.4, -0.2) is 31.7 Å². The molecule has 0 unspecified atom stereocenters. The largest absolute Gasteiger partial charge is 0.418 e. The minimum Gasteiger partial charge on any atom is -0.325 e. The SMILES string of the molecule is O=C(Nc1ccccc1C(F)(F)F)[C@@H]1CCCN(S(=O)(=O)c2ccc3ccccc3c2)C1. The number of benzene rings is 3. The van der Waals surface area contributed by atoms with E-state index in [4.69, 9.17) is 0 Å². The van der Waals surface area contributed by atoms with Crippen molar-refractivity contribution in [1.29, 1.82) is 0 Å². The first kappa shape index (κ1) is 22.3. The molecule has 1 heterocycles. The summed E-state index contributed by atoms with van der Waals surface area (Å²) in [4.78, 5) is 12.9. The van der Waals surface area contributed by atoms with Crippen molar-refractivity contribution < 1.29 is 26.4 Å². The number of piperidine rings is 1. The molecule has 0 aromatic heterocycles. The van der Waals surface area contributed by atoms with Gasteiger partial charge in [0, 0.05) is 13.1 Å². The first-order valence-electron chi connectivity index (χ1n) is 10.1. The molecular formula is C23H21F3N2O3S. The van der Waals surface area contributed by atoms with Crippen LogP contribution in [0.4, 0.5) is 18.9 Å². The maximum absolute atomic E-state index is 13.2. The number of hydrogen-bond acceptors (Lipinski definition) is 3. The highest BCUT2D eigenvalue weighted by Crippen LogP contribution is 2.35. The van der Waals surface area contributed by atoms with E-state index in [1.54, 1.807) is 12.1 Å². The van der Waals surface area contributed by atoms with Crippen molar-refractivity contribution in [2.45, 2.75) is 23.9 Å². The third-order valence-corrected chi connectivity index (χ3v) is 7.47. The van der Waals surface area contributed by atoms with Crippen LogP contribution in [0.15, 0.2) is 71.6 Å². The number of para-hydroxylation sites is 1. The van der Waals surface area contributed by atoms with Gasteiger partial charge in [-0.25, -0.2) is 8.42 Å². The molecule has 1 atom stereocenters. The molecule has 3 aromatic carbocycles. The van der Waals surface area contributed by atoms with E-state index in [9.17, 15) is 26.4 Å². The van der Waals surface area contributed by atoms with Gasteiger partial charge in [0.2, 0.25) is 15.9 Å². The van der Waals surface area contributed by atoms with Gasteiger partial charge in [-0.05, 0) is 47.9 Å². The highest BCUT2D eigenvalue weighted by Gasteiger charge is 2.36. The van der Waals surface area contributed by atoms with E-state index in [0.29, 0.717) is 12.8 Å². The lowest BCUT2D eigenvalue weighted by Gasteiger charge is -2.31. The first-order valence-corrected chi connectivity index (χ1v) is 11.6. The van der Waals surface area contributed by atoms with Gasteiger partial charge in [-0.1, -0.05) is 42.5 Å². The van der Waals surface area contributed by atoms with Gasteiger partial charge >= 0.3 is 6.18 Å². The van der Waals surface area contributed by atoms with E-state index in [-0.39, 0.29) is 23.7 Å². The maximum atomic E-state index is 13.2. The summed E-state index contributed by atoms with van der Waals surface area (Å²) in [5.74, 6) is -1.37. The Morgan fingerprint density at radius 1 is 0.969 bits per heavy atom. The van der Waals surface area contributed by atoms with E-state index in [1.807, 2.05) is 24.3 Å². The van der Waals surface area contributed by atoms with Crippen LogP contribution in [0.1, 0.15) is 18.4 Å². The van der Waals surface area contributed by atoms with Crippen LogP contribution < -0.4 is 5.32 Å². The van der Waals surface area contributed by atoms with E-state index in [1.165, 1.54) is 28.6 Å². The number of alkyl halides is 3. The molecule has 1 N–H and O–H groups in total. The van der Waals surface area contributed by atoms with Crippen LogP contribution in [0.25, 0.3) is 10.8 Å². The fraction of sp³-hybridized carbons (Fsp3) is 0.261. The summed E-state index contributed by atoms with van der Waals surface area (Å²) in [7, 11) is -3.85. The Labute approximate surface area is 183 Å². The summed E-state index contributed by atoms with van der Waals surface area (Å²) >= 11 is 0. The third kappa shape index (κ3) is 4.49. The van der Waals surface area contributed by atoms with Crippen LogP contribution in [0.5, 0.6) is 0 Å². The molecule has 1 saturated heterocycles. The summed E-state index contributed by atoms with van der Waals surface area (Å²) in [5.41, 5.74) is -1.27. The molecule has 4 rings (SSSR count). The van der Waals surface area contributed by atoms with Crippen molar-refractivity contribution >= 4 is 32.4 Å². The Hall–Kier alpha value is -2.91. The Morgan fingerprint density at radius 3 is 2.41 bits per heavy atom. The number of fused-ring (bicyclic) bond motifs is 1. The summed E-state index contributed by atoms with van der Waals surface area (Å²) in [6, 6.07) is 17.0. The number of sulfonamides is 1. The second-order valence-corrected chi connectivity index (χ2v) is 9.68. The Balaban J connectivity index is 1.53. The number of amides is 1. The molecule has 1 aliphatic rings. The quantitative estimate of drug-likeness (QED) is 0.600.